The number of hydrogen-bond donors (Lipinski definition) is 1. The second-order valence-electron chi connectivity index (χ2n) is 4.62. The lowest BCUT2D eigenvalue weighted by Gasteiger charge is -2.26. The fourth-order valence-electron chi connectivity index (χ4n) is 2.04. The first-order valence-corrected chi connectivity index (χ1v) is 8.55. The maximum atomic E-state index is 12.5. The molecule has 21 heavy (non-hydrogen) atoms. The van der Waals surface area contributed by atoms with Crippen LogP contribution in [-0.2, 0) is 16.6 Å². The van der Waals surface area contributed by atoms with Gasteiger partial charge in [0.2, 0.25) is 10.0 Å². The number of nitrogens with one attached hydrogen (secondary N) is 1. The molecule has 0 radical (unpaired) electrons. The Hall–Kier alpha value is -0.900. The molecule has 1 aromatic rings. The summed E-state index contributed by atoms with van der Waals surface area (Å²) in [6.07, 6.45) is -3.74. The molecule has 2 heterocycles. The predicted molar refractivity (Wildman–Crippen MR) is 74.6 cm³/mol. The fourth-order valence-corrected chi connectivity index (χ4v) is 4.69. The van der Waals surface area contributed by atoms with Crippen LogP contribution < -0.4 is 5.32 Å². The van der Waals surface area contributed by atoms with Crippen molar-refractivity contribution in [3.8, 4) is 0 Å². The summed E-state index contributed by atoms with van der Waals surface area (Å²) >= 11 is 1.31. The van der Waals surface area contributed by atoms with Crippen LogP contribution in [0.3, 0.4) is 0 Å². The molecular formula is C12H15F3N2O2S2. The van der Waals surface area contributed by atoms with Gasteiger partial charge in [0.05, 0.1) is 4.90 Å². The summed E-state index contributed by atoms with van der Waals surface area (Å²) < 4.78 is 63.4. The van der Waals surface area contributed by atoms with E-state index in [-0.39, 0.29) is 24.4 Å². The monoisotopic (exact) mass is 340 g/mol. The van der Waals surface area contributed by atoms with Crippen molar-refractivity contribution in [3.05, 3.63) is 28.0 Å². The Morgan fingerprint density at radius 2 is 2.14 bits per heavy atom. The molecule has 9 heteroatoms. The molecule has 1 aromatic heterocycles. The lowest BCUT2D eigenvalue weighted by Crippen LogP contribution is -2.36. The average molecular weight is 340 g/mol. The van der Waals surface area contributed by atoms with E-state index < -0.39 is 21.8 Å². The maximum Gasteiger partial charge on any atom is 0.412 e. The molecule has 0 atom stereocenters. The summed E-state index contributed by atoms with van der Waals surface area (Å²) in [7, 11) is -1.97. The zero-order valence-electron chi connectivity index (χ0n) is 11.3. The SMILES string of the molecule is CNCc1cc(S(=O)(=O)N2CC=C(C(F)(F)F)CC2)cs1. The number of thiophene rings is 1. The van der Waals surface area contributed by atoms with Gasteiger partial charge in [-0.2, -0.15) is 17.5 Å². The molecule has 4 nitrogen and oxygen atoms in total. The van der Waals surface area contributed by atoms with Crippen molar-refractivity contribution in [3.63, 3.8) is 0 Å². The molecule has 0 amide bonds. The Balaban J connectivity index is 2.16. The quantitative estimate of drug-likeness (QED) is 0.856. The van der Waals surface area contributed by atoms with Crippen molar-refractivity contribution >= 4 is 21.4 Å². The van der Waals surface area contributed by atoms with Gasteiger partial charge in [-0.05, 0) is 19.5 Å². The van der Waals surface area contributed by atoms with Gasteiger partial charge in [0.15, 0.2) is 0 Å². The van der Waals surface area contributed by atoms with E-state index in [1.807, 2.05) is 0 Å². The van der Waals surface area contributed by atoms with Crippen molar-refractivity contribution in [1.82, 2.24) is 9.62 Å². The standard InChI is InChI=1S/C12H15F3N2O2S2/c1-16-7-10-6-11(8-20-10)21(18,19)17-4-2-9(3-5-17)12(13,14)15/h2,6,8,16H,3-5,7H2,1H3. The molecule has 0 saturated carbocycles. The van der Waals surface area contributed by atoms with E-state index in [1.54, 1.807) is 13.1 Å². The lowest BCUT2D eigenvalue weighted by molar-refractivity contribution is -0.0953. The number of hydrogen-bond acceptors (Lipinski definition) is 4. The first-order chi connectivity index (χ1) is 9.75. The van der Waals surface area contributed by atoms with E-state index in [9.17, 15) is 21.6 Å². The largest absolute Gasteiger partial charge is 0.412 e. The van der Waals surface area contributed by atoms with Crippen molar-refractivity contribution in [1.29, 1.82) is 0 Å². The molecular weight excluding hydrogens is 325 g/mol. The van der Waals surface area contributed by atoms with Gasteiger partial charge in [-0.25, -0.2) is 8.42 Å². The highest BCUT2D eigenvalue weighted by Gasteiger charge is 2.37. The minimum Gasteiger partial charge on any atom is -0.315 e. The zero-order chi connectivity index (χ0) is 15.7. The van der Waals surface area contributed by atoms with Crippen LogP contribution in [0.4, 0.5) is 13.2 Å². The third kappa shape index (κ3) is 3.65. The zero-order valence-corrected chi connectivity index (χ0v) is 12.9. The summed E-state index contributed by atoms with van der Waals surface area (Å²) in [5.41, 5.74) is -0.657. The second-order valence-corrected chi connectivity index (χ2v) is 7.55. The highest BCUT2D eigenvalue weighted by atomic mass is 32.2. The number of alkyl halides is 3. The molecule has 0 unspecified atom stereocenters. The average Bonchev–Trinajstić information content (AvgIpc) is 2.88. The molecule has 0 fully saturated rings. The molecule has 0 aliphatic carbocycles. The number of rotatable bonds is 4. The topological polar surface area (TPSA) is 49.4 Å². The van der Waals surface area contributed by atoms with Gasteiger partial charge in [-0.3, -0.25) is 0 Å². The van der Waals surface area contributed by atoms with Crippen LogP contribution in [-0.4, -0.2) is 39.0 Å². The molecule has 0 bridgehead atoms. The summed E-state index contributed by atoms with van der Waals surface area (Å²) in [5.74, 6) is 0. The van der Waals surface area contributed by atoms with Crippen LogP contribution in [0.1, 0.15) is 11.3 Å². The van der Waals surface area contributed by atoms with Crippen LogP contribution in [0.15, 0.2) is 28.0 Å². The van der Waals surface area contributed by atoms with Gasteiger partial charge in [-0.1, -0.05) is 6.08 Å². The summed E-state index contributed by atoms with van der Waals surface area (Å²) in [4.78, 5) is 1.00. The summed E-state index contributed by atoms with van der Waals surface area (Å²) in [6, 6.07) is 1.56. The number of sulfonamides is 1. The van der Waals surface area contributed by atoms with E-state index in [1.165, 1.54) is 16.7 Å². The molecule has 118 valence electrons. The van der Waals surface area contributed by atoms with E-state index in [0.717, 1.165) is 15.3 Å². The number of halogens is 3. The Labute approximate surface area is 125 Å². The third-order valence-corrected chi connectivity index (χ3v) is 6.08. The molecule has 0 aromatic carbocycles. The Morgan fingerprint density at radius 1 is 1.43 bits per heavy atom. The summed E-state index contributed by atoms with van der Waals surface area (Å²) in [6.45, 7) is 0.164. The normalized spacial score (nSPS) is 17.8. The molecule has 1 aliphatic rings. The fraction of sp³-hybridized carbons (Fsp3) is 0.500. The third-order valence-electron chi connectivity index (χ3n) is 3.15. The lowest BCUT2D eigenvalue weighted by atomic mass is 10.1. The highest BCUT2D eigenvalue weighted by molar-refractivity contribution is 7.89. The predicted octanol–water partition coefficient (Wildman–Crippen LogP) is 2.35. The molecule has 0 spiro atoms. The van der Waals surface area contributed by atoms with Gasteiger partial charge in [0.25, 0.3) is 0 Å². The minimum absolute atomic E-state index is 0.140. The van der Waals surface area contributed by atoms with Crippen LogP contribution in [0.5, 0.6) is 0 Å². The van der Waals surface area contributed by atoms with E-state index in [2.05, 4.69) is 5.32 Å². The van der Waals surface area contributed by atoms with Gasteiger partial charge >= 0.3 is 6.18 Å². The minimum atomic E-state index is -4.38. The van der Waals surface area contributed by atoms with Crippen molar-refractivity contribution in [2.24, 2.45) is 0 Å². The van der Waals surface area contributed by atoms with Crippen LogP contribution >= 0.6 is 11.3 Å². The Morgan fingerprint density at radius 3 is 2.67 bits per heavy atom. The van der Waals surface area contributed by atoms with Crippen LogP contribution in [0, 0.1) is 0 Å². The highest BCUT2D eigenvalue weighted by Crippen LogP contribution is 2.32. The van der Waals surface area contributed by atoms with Crippen molar-refractivity contribution in [2.45, 2.75) is 24.0 Å². The molecule has 1 aliphatic heterocycles. The first kappa shape index (κ1) is 16.5. The number of nitrogens with zero attached hydrogens (tertiary/aromatic N) is 1. The van der Waals surface area contributed by atoms with Gasteiger partial charge in [0.1, 0.15) is 0 Å². The smallest absolute Gasteiger partial charge is 0.315 e. The Bertz CT molecular complexity index is 635. The van der Waals surface area contributed by atoms with E-state index in [0.29, 0.717) is 6.54 Å². The second kappa shape index (κ2) is 6.07. The van der Waals surface area contributed by atoms with Crippen LogP contribution in [0.25, 0.3) is 0 Å². The molecule has 0 saturated heterocycles. The van der Waals surface area contributed by atoms with Crippen LogP contribution in [0.2, 0.25) is 0 Å². The van der Waals surface area contributed by atoms with E-state index >= 15 is 0 Å². The maximum absolute atomic E-state index is 12.5. The Kier molecular flexibility index (Phi) is 4.76. The van der Waals surface area contributed by atoms with Gasteiger partial charge < -0.3 is 5.32 Å². The van der Waals surface area contributed by atoms with Crippen molar-refractivity contribution in [2.75, 3.05) is 20.1 Å². The molecule has 2 rings (SSSR count). The van der Waals surface area contributed by atoms with Gasteiger partial charge in [0, 0.05) is 35.5 Å². The molecule has 1 N–H and O–H groups in total. The van der Waals surface area contributed by atoms with Gasteiger partial charge in [-0.15, -0.1) is 11.3 Å². The van der Waals surface area contributed by atoms with E-state index in [4.69, 9.17) is 0 Å². The first-order valence-electron chi connectivity index (χ1n) is 6.23. The summed E-state index contributed by atoms with van der Waals surface area (Å²) in [5, 5.41) is 4.44. The van der Waals surface area contributed by atoms with Crippen molar-refractivity contribution < 1.29 is 21.6 Å².